The number of methoxy groups -OCH3 is 1. The highest BCUT2D eigenvalue weighted by atomic mass is 35.5. The molecule has 4 rings (SSSR count). The summed E-state index contributed by atoms with van der Waals surface area (Å²) in [5.74, 6) is -0.353. The number of carbonyl (C=O) groups excluding carboxylic acids is 1. The number of hydrogen-bond donors (Lipinski definition) is 1. The monoisotopic (exact) mass is 508 g/mol. The van der Waals surface area contributed by atoms with Crippen molar-refractivity contribution < 1.29 is 17.9 Å². The third-order valence-corrected chi connectivity index (χ3v) is 7.15. The zero-order valence-corrected chi connectivity index (χ0v) is 20.2. The fourth-order valence-corrected chi connectivity index (χ4v) is 5.04. The maximum absolute atomic E-state index is 13.4. The van der Waals surface area contributed by atoms with Gasteiger partial charge in [0.05, 0.1) is 29.4 Å². The molecule has 178 valence electrons. The van der Waals surface area contributed by atoms with Gasteiger partial charge in [0.1, 0.15) is 17.4 Å². The number of fused-ring (bicyclic) bond motifs is 1. The molecule has 1 aromatic heterocycles. The van der Waals surface area contributed by atoms with Gasteiger partial charge < -0.3 is 4.74 Å². The summed E-state index contributed by atoms with van der Waals surface area (Å²) in [7, 11) is -2.65. The number of halogens is 1. The highest BCUT2D eigenvalue weighted by Crippen LogP contribution is 2.32. The lowest BCUT2D eigenvalue weighted by Crippen LogP contribution is -2.39. The van der Waals surface area contributed by atoms with Gasteiger partial charge in [0.15, 0.2) is 0 Å². The molecule has 8 nitrogen and oxygen atoms in total. The lowest BCUT2D eigenvalue weighted by molar-refractivity contribution is -0.119. The summed E-state index contributed by atoms with van der Waals surface area (Å²) in [6.45, 7) is -0.529. The predicted octanol–water partition coefficient (Wildman–Crippen LogP) is 4.24. The minimum absolute atomic E-state index is 0.0382. The lowest BCUT2D eigenvalue weighted by atomic mass is 10.2. The average molecular weight is 509 g/mol. The first-order valence-electron chi connectivity index (χ1n) is 10.5. The first kappa shape index (κ1) is 24.2. The first-order valence-corrected chi connectivity index (χ1v) is 12.3. The Hall–Kier alpha value is -3.95. The molecule has 3 aromatic carbocycles. The Balaban J connectivity index is 1.59. The number of ether oxygens (including phenoxy) is 1. The van der Waals surface area contributed by atoms with Crippen LogP contribution in [0.3, 0.4) is 0 Å². The lowest BCUT2D eigenvalue weighted by Gasteiger charge is -2.25. The van der Waals surface area contributed by atoms with Crippen molar-refractivity contribution in [2.75, 3.05) is 18.0 Å². The fraction of sp³-hybridized carbons (Fsp3) is 0.0800. The Kier molecular flexibility index (Phi) is 7.28. The molecule has 10 heteroatoms. The Labute approximate surface area is 207 Å². The zero-order valence-electron chi connectivity index (χ0n) is 18.6. The summed E-state index contributed by atoms with van der Waals surface area (Å²) < 4.78 is 33.2. The molecule has 1 amide bonds. The normalized spacial score (nSPS) is 11.5. The fourth-order valence-electron chi connectivity index (χ4n) is 3.39. The van der Waals surface area contributed by atoms with Crippen LogP contribution in [-0.4, -0.2) is 39.2 Å². The predicted molar refractivity (Wildman–Crippen MR) is 136 cm³/mol. The van der Waals surface area contributed by atoms with Crippen molar-refractivity contribution in [3.05, 3.63) is 95.6 Å². The van der Waals surface area contributed by atoms with E-state index in [2.05, 4.69) is 15.5 Å². The van der Waals surface area contributed by atoms with E-state index in [1.807, 2.05) is 24.3 Å². The van der Waals surface area contributed by atoms with Crippen LogP contribution in [0.4, 0.5) is 5.69 Å². The molecule has 0 radical (unpaired) electrons. The van der Waals surface area contributed by atoms with Gasteiger partial charge in [0.25, 0.3) is 15.9 Å². The van der Waals surface area contributed by atoms with E-state index in [1.165, 1.54) is 25.5 Å². The van der Waals surface area contributed by atoms with Crippen molar-refractivity contribution in [1.82, 2.24) is 10.4 Å². The van der Waals surface area contributed by atoms with Gasteiger partial charge in [-0.15, -0.1) is 0 Å². The van der Waals surface area contributed by atoms with Crippen LogP contribution in [0.15, 0.2) is 94.9 Å². The second-order valence-corrected chi connectivity index (χ2v) is 9.57. The Morgan fingerprint density at radius 1 is 1.06 bits per heavy atom. The van der Waals surface area contributed by atoms with Crippen LogP contribution in [-0.2, 0) is 14.8 Å². The van der Waals surface area contributed by atoms with Crippen molar-refractivity contribution in [2.45, 2.75) is 4.90 Å². The largest absolute Gasteiger partial charge is 0.495 e. The maximum Gasteiger partial charge on any atom is 0.264 e. The van der Waals surface area contributed by atoms with E-state index in [1.54, 1.807) is 48.5 Å². The van der Waals surface area contributed by atoms with E-state index >= 15 is 0 Å². The van der Waals surface area contributed by atoms with Crippen molar-refractivity contribution in [3.63, 3.8) is 0 Å². The van der Waals surface area contributed by atoms with Crippen LogP contribution < -0.4 is 14.5 Å². The highest BCUT2D eigenvalue weighted by Gasteiger charge is 2.29. The summed E-state index contributed by atoms with van der Waals surface area (Å²) >= 11 is 6.23. The minimum Gasteiger partial charge on any atom is -0.495 e. The van der Waals surface area contributed by atoms with Gasteiger partial charge >= 0.3 is 0 Å². The van der Waals surface area contributed by atoms with Crippen LogP contribution >= 0.6 is 11.6 Å². The zero-order chi connectivity index (χ0) is 24.8. The molecule has 0 bridgehead atoms. The Morgan fingerprint density at radius 3 is 2.51 bits per heavy atom. The summed E-state index contributed by atoms with van der Waals surface area (Å²) in [6, 6.07) is 23.7. The number of amides is 1. The molecule has 0 aliphatic rings. The number of anilines is 1. The molecule has 4 aromatic rings. The maximum atomic E-state index is 13.4. The molecular formula is C25H21ClN4O4S. The third-order valence-electron chi connectivity index (χ3n) is 5.07. The number of nitrogens with one attached hydrogen (secondary N) is 1. The Morgan fingerprint density at radius 2 is 1.74 bits per heavy atom. The summed E-state index contributed by atoms with van der Waals surface area (Å²) in [4.78, 5) is 17.1. The van der Waals surface area contributed by atoms with Gasteiger partial charge in [-0.05, 0) is 36.4 Å². The number of para-hydroxylation sites is 3. The molecule has 0 saturated heterocycles. The number of pyridine rings is 1. The molecule has 0 aliphatic carbocycles. The van der Waals surface area contributed by atoms with Crippen molar-refractivity contribution >= 4 is 50.3 Å². The number of aromatic nitrogens is 1. The second kappa shape index (κ2) is 10.5. The second-order valence-electron chi connectivity index (χ2n) is 7.35. The molecule has 0 fully saturated rings. The number of rotatable bonds is 8. The van der Waals surface area contributed by atoms with Crippen molar-refractivity contribution in [2.24, 2.45) is 5.10 Å². The van der Waals surface area contributed by atoms with Gasteiger partial charge in [-0.3, -0.25) is 9.10 Å². The topological polar surface area (TPSA) is 101 Å². The minimum atomic E-state index is -4.08. The molecule has 1 N–H and O–H groups in total. The summed E-state index contributed by atoms with van der Waals surface area (Å²) in [6.07, 6.45) is 1.36. The number of nitrogens with zero attached hydrogens (tertiary/aromatic N) is 3. The van der Waals surface area contributed by atoms with E-state index in [0.717, 1.165) is 15.2 Å². The van der Waals surface area contributed by atoms with Crippen LogP contribution in [0.5, 0.6) is 5.75 Å². The van der Waals surface area contributed by atoms with Gasteiger partial charge in [-0.25, -0.2) is 18.8 Å². The van der Waals surface area contributed by atoms with Gasteiger partial charge in [0, 0.05) is 10.9 Å². The van der Waals surface area contributed by atoms with Crippen molar-refractivity contribution in [3.8, 4) is 5.75 Å². The smallest absolute Gasteiger partial charge is 0.264 e. The van der Waals surface area contributed by atoms with Crippen LogP contribution in [0.1, 0.15) is 5.56 Å². The van der Waals surface area contributed by atoms with E-state index in [0.29, 0.717) is 11.3 Å². The van der Waals surface area contributed by atoms with Gasteiger partial charge in [-0.1, -0.05) is 60.1 Å². The molecule has 0 unspecified atom stereocenters. The number of hydrogen-bond acceptors (Lipinski definition) is 6. The van der Waals surface area contributed by atoms with E-state index in [-0.39, 0.29) is 15.7 Å². The van der Waals surface area contributed by atoms with E-state index in [4.69, 9.17) is 16.3 Å². The van der Waals surface area contributed by atoms with Crippen molar-refractivity contribution in [1.29, 1.82) is 0 Å². The first-order chi connectivity index (χ1) is 16.9. The van der Waals surface area contributed by atoms with E-state index < -0.39 is 22.5 Å². The summed E-state index contributed by atoms with van der Waals surface area (Å²) in [5, 5.41) is 5.04. The van der Waals surface area contributed by atoms with Crippen LogP contribution in [0.2, 0.25) is 5.15 Å². The van der Waals surface area contributed by atoms with E-state index in [9.17, 15) is 13.2 Å². The number of benzene rings is 3. The van der Waals surface area contributed by atoms with Gasteiger partial charge in [-0.2, -0.15) is 5.10 Å². The highest BCUT2D eigenvalue weighted by molar-refractivity contribution is 7.92. The molecule has 35 heavy (non-hydrogen) atoms. The average Bonchev–Trinajstić information content (AvgIpc) is 2.88. The number of sulfonamides is 1. The van der Waals surface area contributed by atoms with Crippen LogP contribution in [0, 0.1) is 0 Å². The molecule has 0 spiro atoms. The Bertz CT molecular complexity index is 1490. The molecule has 0 aliphatic heterocycles. The molecular weight excluding hydrogens is 488 g/mol. The third kappa shape index (κ3) is 5.42. The number of hydrazone groups is 1. The molecule has 0 saturated carbocycles. The number of carbonyl (C=O) groups is 1. The summed E-state index contributed by atoms with van der Waals surface area (Å²) in [5.41, 5.74) is 3.82. The molecule has 1 heterocycles. The standard InChI is InChI=1S/C25H21ClN4O4S/c1-34-23-14-8-7-13-22(23)30(35(32,33)20-10-3-2-4-11-20)17-24(31)29-27-16-19-15-18-9-5-6-12-21(18)28-25(19)26/h2-16H,17H2,1H3,(H,29,31)/b27-16-. The molecule has 0 atom stereocenters. The quantitative estimate of drug-likeness (QED) is 0.218. The SMILES string of the molecule is COc1ccccc1N(CC(=O)N/N=C\c1cc2ccccc2nc1Cl)S(=O)(=O)c1ccccc1. The van der Waals surface area contributed by atoms with Crippen LogP contribution in [0.25, 0.3) is 10.9 Å². The van der Waals surface area contributed by atoms with Gasteiger partial charge in [0.2, 0.25) is 0 Å².